The molecule has 26 heavy (non-hydrogen) atoms. The molecule has 0 saturated heterocycles. The molecule has 0 radical (unpaired) electrons. The zero-order valence-corrected chi connectivity index (χ0v) is 15.1. The second kappa shape index (κ2) is 9.58. The molecule has 138 valence electrons. The summed E-state index contributed by atoms with van der Waals surface area (Å²) in [6, 6.07) is 16.1. The van der Waals surface area contributed by atoms with E-state index in [4.69, 9.17) is 10.5 Å². The lowest BCUT2D eigenvalue weighted by Crippen LogP contribution is -2.39. The van der Waals surface area contributed by atoms with Crippen molar-refractivity contribution in [3.8, 4) is 5.75 Å². The van der Waals surface area contributed by atoms with Crippen LogP contribution in [0, 0.1) is 0 Å². The number of likely N-dealkylation sites (N-methyl/N-ethyl adjacent to an activating group) is 1. The summed E-state index contributed by atoms with van der Waals surface area (Å²) >= 11 is 0. The number of nitrogens with zero attached hydrogens (tertiary/aromatic N) is 1. The van der Waals surface area contributed by atoms with Crippen LogP contribution in [0.3, 0.4) is 0 Å². The van der Waals surface area contributed by atoms with Crippen molar-refractivity contribution in [2.24, 2.45) is 5.73 Å². The number of nitrogens with two attached hydrogens (primary N) is 1. The number of anilines is 1. The fourth-order valence-electron chi connectivity index (χ4n) is 2.59. The first-order valence-electron chi connectivity index (χ1n) is 8.55. The summed E-state index contributed by atoms with van der Waals surface area (Å²) < 4.78 is 5.13. The van der Waals surface area contributed by atoms with Crippen LogP contribution < -0.4 is 15.8 Å². The molecule has 3 N–H and O–H groups in total. The van der Waals surface area contributed by atoms with E-state index in [9.17, 15) is 9.59 Å². The van der Waals surface area contributed by atoms with Gasteiger partial charge in [-0.05, 0) is 24.6 Å². The quantitative estimate of drug-likeness (QED) is 0.762. The van der Waals surface area contributed by atoms with Crippen molar-refractivity contribution in [1.82, 2.24) is 4.90 Å². The van der Waals surface area contributed by atoms with Crippen LogP contribution in [0.5, 0.6) is 5.75 Å². The van der Waals surface area contributed by atoms with Gasteiger partial charge >= 0.3 is 0 Å². The maximum Gasteiger partial charge on any atom is 0.243 e. The Hall–Kier alpha value is -2.86. The maximum atomic E-state index is 12.5. The molecule has 1 unspecified atom stereocenters. The van der Waals surface area contributed by atoms with Crippen molar-refractivity contribution in [2.45, 2.75) is 19.4 Å². The third-order valence-electron chi connectivity index (χ3n) is 4.04. The van der Waals surface area contributed by atoms with E-state index in [1.54, 1.807) is 31.4 Å². The molecule has 0 bridgehead atoms. The Labute approximate surface area is 153 Å². The van der Waals surface area contributed by atoms with Crippen molar-refractivity contribution < 1.29 is 14.3 Å². The third kappa shape index (κ3) is 5.60. The minimum absolute atomic E-state index is 0.0198. The fraction of sp³-hybridized carbons (Fsp3) is 0.300. The number of rotatable bonds is 8. The first-order chi connectivity index (χ1) is 12.5. The number of hydrogen-bond donors (Lipinski definition) is 2. The van der Waals surface area contributed by atoms with E-state index in [0.29, 0.717) is 18.0 Å². The van der Waals surface area contributed by atoms with Crippen LogP contribution in [0.25, 0.3) is 0 Å². The van der Waals surface area contributed by atoms with Crippen molar-refractivity contribution in [1.29, 1.82) is 0 Å². The molecule has 0 saturated carbocycles. The third-order valence-corrected chi connectivity index (χ3v) is 4.04. The molecule has 2 aromatic rings. The Kier molecular flexibility index (Phi) is 7.17. The summed E-state index contributed by atoms with van der Waals surface area (Å²) in [5.74, 6) is 0.242. The molecule has 0 aliphatic rings. The molecule has 2 amide bonds. The smallest absolute Gasteiger partial charge is 0.243 e. The predicted molar refractivity (Wildman–Crippen MR) is 102 cm³/mol. The molecule has 1 atom stereocenters. The van der Waals surface area contributed by atoms with Gasteiger partial charge in [0.1, 0.15) is 5.75 Å². The second-order valence-corrected chi connectivity index (χ2v) is 5.91. The summed E-state index contributed by atoms with van der Waals surface area (Å²) in [4.78, 5) is 26.3. The second-order valence-electron chi connectivity index (χ2n) is 5.91. The van der Waals surface area contributed by atoms with Gasteiger partial charge in [-0.3, -0.25) is 9.59 Å². The summed E-state index contributed by atoms with van der Waals surface area (Å²) in [6.45, 7) is 2.25. The molecular weight excluding hydrogens is 330 g/mol. The molecule has 6 nitrogen and oxygen atoms in total. The highest BCUT2D eigenvalue weighted by Gasteiger charge is 2.19. The van der Waals surface area contributed by atoms with Crippen LogP contribution in [0.2, 0.25) is 0 Å². The van der Waals surface area contributed by atoms with E-state index in [1.165, 1.54) is 4.90 Å². The monoisotopic (exact) mass is 355 g/mol. The summed E-state index contributed by atoms with van der Waals surface area (Å²) in [6.07, 6.45) is 0.157. The molecule has 6 heteroatoms. The Morgan fingerprint density at radius 1 is 1.15 bits per heavy atom. The molecule has 0 aliphatic heterocycles. The van der Waals surface area contributed by atoms with Crippen LogP contribution in [0.15, 0.2) is 54.6 Å². The highest BCUT2D eigenvalue weighted by molar-refractivity contribution is 5.94. The first-order valence-corrected chi connectivity index (χ1v) is 8.55. The Bertz CT molecular complexity index is 734. The largest absolute Gasteiger partial charge is 0.497 e. The van der Waals surface area contributed by atoms with Gasteiger partial charge in [-0.15, -0.1) is 0 Å². The van der Waals surface area contributed by atoms with Crippen LogP contribution in [-0.2, 0) is 9.59 Å². The zero-order chi connectivity index (χ0) is 18.9. The lowest BCUT2D eigenvalue weighted by atomic mass is 10.0. The molecule has 2 rings (SSSR count). The van der Waals surface area contributed by atoms with Crippen molar-refractivity contribution >= 4 is 17.5 Å². The van der Waals surface area contributed by atoms with Gasteiger partial charge in [0.2, 0.25) is 11.8 Å². The van der Waals surface area contributed by atoms with Crippen LogP contribution in [-0.4, -0.2) is 36.9 Å². The molecule has 0 aliphatic carbocycles. The van der Waals surface area contributed by atoms with Gasteiger partial charge in [-0.25, -0.2) is 0 Å². The number of carbonyl (C=O) groups excluding carboxylic acids is 2. The average molecular weight is 355 g/mol. The molecule has 0 spiro atoms. The van der Waals surface area contributed by atoms with E-state index >= 15 is 0 Å². The standard InChI is InChI=1S/C20H25N3O3/c1-3-23(20(25)13-18(21)15-8-5-4-6-9-15)14-19(24)22-16-10-7-11-17(12-16)26-2/h4-12,18H,3,13-14,21H2,1-2H3,(H,22,24). The van der Waals surface area contributed by atoms with Crippen LogP contribution >= 0.6 is 0 Å². The minimum atomic E-state index is -0.390. The van der Waals surface area contributed by atoms with Crippen molar-refractivity contribution in [3.05, 3.63) is 60.2 Å². The molecule has 0 heterocycles. The number of amides is 2. The normalized spacial score (nSPS) is 11.5. The number of hydrogen-bond acceptors (Lipinski definition) is 4. The van der Waals surface area contributed by atoms with Crippen LogP contribution in [0.4, 0.5) is 5.69 Å². The summed E-state index contributed by atoms with van der Waals surface area (Å²) in [7, 11) is 1.56. The highest BCUT2D eigenvalue weighted by atomic mass is 16.5. The van der Waals surface area contributed by atoms with Gasteiger partial charge in [0.15, 0.2) is 0 Å². The lowest BCUT2D eigenvalue weighted by molar-refractivity contribution is -0.134. The minimum Gasteiger partial charge on any atom is -0.497 e. The van der Waals surface area contributed by atoms with Crippen LogP contribution in [0.1, 0.15) is 24.9 Å². The van der Waals surface area contributed by atoms with Gasteiger partial charge < -0.3 is 20.7 Å². The topological polar surface area (TPSA) is 84.7 Å². The van der Waals surface area contributed by atoms with E-state index in [0.717, 1.165) is 5.56 Å². The summed E-state index contributed by atoms with van der Waals surface area (Å²) in [5.41, 5.74) is 7.64. The Balaban J connectivity index is 1.92. The number of carbonyl (C=O) groups is 2. The maximum absolute atomic E-state index is 12.5. The predicted octanol–water partition coefficient (Wildman–Crippen LogP) is 2.57. The van der Waals surface area contributed by atoms with Gasteiger partial charge in [-0.1, -0.05) is 36.4 Å². The van der Waals surface area contributed by atoms with E-state index in [1.807, 2.05) is 37.3 Å². The first kappa shape index (κ1) is 19.5. The van der Waals surface area contributed by atoms with E-state index in [-0.39, 0.29) is 30.8 Å². The Morgan fingerprint density at radius 3 is 2.54 bits per heavy atom. The lowest BCUT2D eigenvalue weighted by Gasteiger charge is -2.22. The van der Waals surface area contributed by atoms with Gasteiger partial charge in [0.05, 0.1) is 13.7 Å². The van der Waals surface area contributed by atoms with Gasteiger partial charge in [0, 0.05) is 30.8 Å². The van der Waals surface area contributed by atoms with E-state index < -0.39 is 0 Å². The molecular formula is C20H25N3O3. The fourth-order valence-corrected chi connectivity index (χ4v) is 2.59. The molecule has 0 fully saturated rings. The highest BCUT2D eigenvalue weighted by Crippen LogP contribution is 2.17. The van der Waals surface area contributed by atoms with Crippen molar-refractivity contribution in [2.75, 3.05) is 25.5 Å². The molecule has 2 aromatic carbocycles. The van der Waals surface area contributed by atoms with Gasteiger partial charge in [-0.2, -0.15) is 0 Å². The molecule has 0 aromatic heterocycles. The number of methoxy groups -OCH3 is 1. The average Bonchev–Trinajstić information content (AvgIpc) is 2.66. The van der Waals surface area contributed by atoms with E-state index in [2.05, 4.69) is 5.32 Å². The van der Waals surface area contributed by atoms with Crippen molar-refractivity contribution in [3.63, 3.8) is 0 Å². The Morgan fingerprint density at radius 2 is 1.88 bits per heavy atom. The number of ether oxygens (including phenoxy) is 1. The zero-order valence-electron chi connectivity index (χ0n) is 15.1. The van der Waals surface area contributed by atoms with Gasteiger partial charge in [0.25, 0.3) is 0 Å². The number of benzene rings is 2. The number of nitrogens with one attached hydrogen (secondary N) is 1. The summed E-state index contributed by atoms with van der Waals surface area (Å²) in [5, 5.41) is 2.78. The SMILES string of the molecule is CCN(CC(=O)Nc1cccc(OC)c1)C(=O)CC(N)c1ccccc1.